The fourth-order valence-corrected chi connectivity index (χ4v) is 4.03. The zero-order chi connectivity index (χ0) is 18.4. The zero-order valence-electron chi connectivity index (χ0n) is 16.1. The van der Waals surface area contributed by atoms with Crippen LogP contribution in [0, 0.1) is 17.6 Å². The van der Waals surface area contributed by atoms with Crippen LogP contribution in [0.5, 0.6) is 0 Å². The first-order chi connectivity index (χ1) is 12.6. The fourth-order valence-electron chi connectivity index (χ4n) is 4.03. The van der Waals surface area contributed by atoms with E-state index in [0.29, 0.717) is 18.9 Å². The molecule has 4 nitrogen and oxygen atoms in total. The molecule has 2 saturated heterocycles. The molecule has 160 valence electrons. The van der Waals surface area contributed by atoms with Gasteiger partial charge in [0.2, 0.25) is 5.91 Å². The van der Waals surface area contributed by atoms with E-state index in [4.69, 9.17) is 0 Å². The monoisotopic (exact) mass is 437 g/mol. The molecule has 0 aliphatic carbocycles. The maximum absolute atomic E-state index is 13.8. The Morgan fingerprint density at radius 1 is 1.14 bits per heavy atom. The zero-order valence-corrected chi connectivity index (χ0v) is 17.7. The summed E-state index contributed by atoms with van der Waals surface area (Å²) in [5, 5.41) is 6.46. The second kappa shape index (κ2) is 12.6. The van der Waals surface area contributed by atoms with Crippen molar-refractivity contribution >= 4 is 30.7 Å². The first-order valence-corrected chi connectivity index (χ1v) is 9.77. The van der Waals surface area contributed by atoms with Crippen molar-refractivity contribution in [1.82, 2.24) is 15.5 Å². The van der Waals surface area contributed by atoms with Crippen molar-refractivity contribution in [2.24, 2.45) is 5.92 Å². The molecule has 1 aromatic carbocycles. The molecule has 1 aromatic rings. The molecule has 2 N–H and O–H groups in total. The Labute approximate surface area is 178 Å². The number of hydrogen-bond acceptors (Lipinski definition) is 3. The van der Waals surface area contributed by atoms with Crippen LogP contribution in [-0.2, 0) is 11.3 Å². The van der Waals surface area contributed by atoms with Crippen LogP contribution >= 0.6 is 24.8 Å². The molecule has 0 bridgehead atoms. The smallest absolute Gasteiger partial charge is 0.220 e. The number of amides is 1. The Bertz CT molecular complexity index is 595. The Kier molecular flexibility index (Phi) is 11.3. The number of nitrogens with zero attached hydrogens (tertiary/aromatic N) is 1. The predicted octanol–water partition coefficient (Wildman–Crippen LogP) is 3.67. The summed E-state index contributed by atoms with van der Waals surface area (Å²) in [5.41, 5.74) is 0.116. The van der Waals surface area contributed by atoms with E-state index in [-0.39, 0.29) is 48.9 Å². The standard InChI is InChI=1S/C20H29F2N3O.2ClH/c21-18-4-1-5-19(22)17(18)14-25-12-2-3-16(13-25)24-20(26)7-6-15-8-10-23-11-9-15;;/h1,4-5,15-16,23H,2-3,6-14H2,(H,24,26);2*1H. The van der Waals surface area contributed by atoms with Crippen molar-refractivity contribution < 1.29 is 13.6 Å². The number of carbonyl (C=O) groups excluding carboxylic acids is 1. The lowest BCUT2D eigenvalue weighted by Crippen LogP contribution is -2.47. The number of nitrogens with one attached hydrogen (secondary N) is 2. The van der Waals surface area contributed by atoms with Crippen LogP contribution in [0.4, 0.5) is 8.78 Å². The van der Waals surface area contributed by atoms with E-state index in [2.05, 4.69) is 10.6 Å². The van der Waals surface area contributed by atoms with Crippen LogP contribution in [-0.4, -0.2) is 43.0 Å². The molecule has 0 spiro atoms. The topological polar surface area (TPSA) is 44.4 Å². The fraction of sp³-hybridized carbons (Fsp3) is 0.650. The van der Waals surface area contributed by atoms with Crippen LogP contribution in [0.2, 0.25) is 0 Å². The highest BCUT2D eigenvalue weighted by Crippen LogP contribution is 2.20. The van der Waals surface area contributed by atoms with Crippen molar-refractivity contribution in [2.75, 3.05) is 26.2 Å². The van der Waals surface area contributed by atoms with E-state index in [9.17, 15) is 13.6 Å². The van der Waals surface area contributed by atoms with E-state index in [1.165, 1.54) is 18.2 Å². The van der Waals surface area contributed by atoms with Gasteiger partial charge >= 0.3 is 0 Å². The van der Waals surface area contributed by atoms with Gasteiger partial charge in [-0.25, -0.2) is 8.78 Å². The third-order valence-electron chi connectivity index (χ3n) is 5.55. The van der Waals surface area contributed by atoms with Crippen LogP contribution in [0.15, 0.2) is 18.2 Å². The molecule has 2 aliphatic heterocycles. The maximum Gasteiger partial charge on any atom is 0.220 e. The molecule has 8 heteroatoms. The minimum Gasteiger partial charge on any atom is -0.352 e. The van der Waals surface area contributed by atoms with Crippen molar-refractivity contribution in [1.29, 1.82) is 0 Å². The van der Waals surface area contributed by atoms with E-state index in [1.807, 2.05) is 4.90 Å². The van der Waals surface area contributed by atoms with Crippen LogP contribution in [0.1, 0.15) is 44.1 Å². The van der Waals surface area contributed by atoms with Crippen molar-refractivity contribution in [2.45, 2.75) is 51.1 Å². The summed E-state index contributed by atoms with van der Waals surface area (Å²) >= 11 is 0. The van der Waals surface area contributed by atoms with Gasteiger partial charge in [0.1, 0.15) is 11.6 Å². The summed E-state index contributed by atoms with van der Waals surface area (Å²) < 4.78 is 27.7. The maximum atomic E-state index is 13.8. The SMILES string of the molecule is Cl.Cl.O=C(CCC1CCNCC1)NC1CCCN(Cc2c(F)cccc2F)C1. The Morgan fingerprint density at radius 3 is 2.50 bits per heavy atom. The molecule has 1 unspecified atom stereocenters. The quantitative estimate of drug-likeness (QED) is 0.713. The Balaban J connectivity index is 0.00000196. The van der Waals surface area contributed by atoms with Crippen molar-refractivity contribution in [3.63, 3.8) is 0 Å². The minimum atomic E-state index is -0.502. The molecular weight excluding hydrogens is 407 g/mol. The lowest BCUT2D eigenvalue weighted by atomic mass is 9.93. The van der Waals surface area contributed by atoms with Gasteiger partial charge in [0, 0.05) is 31.1 Å². The lowest BCUT2D eigenvalue weighted by molar-refractivity contribution is -0.122. The molecular formula is C20H31Cl2F2N3O. The van der Waals surface area contributed by atoms with E-state index in [0.717, 1.165) is 51.7 Å². The summed E-state index contributed by atoms with van der Waals surface area (Å²) in [6, 6.07) is 4.04. The molecule has 2 fully saturated rings. The number of piperidine rings is 2. The summed E-state index contributed by atoms with van der Waals surface area (Å²) in [5.74, 6) is -0.252. The lowest BCUT2D eigenvalue weighted by Gasteiger charge is -2.33. The summed E-state index contributed by atoms with van der Waals surface area (Å²) in [7, 11) is 0. The van der Waals surface area contributed by atoms with E-state index in [1.54, 1.807) is 0 Å². The number of rotatable bonds is 6. The number of hydrogen-bond donors (Lipinski definition) is 2. The van der Waals surface area contributed by atoms with Gasteiger partial charge in [-0.15, -0.1) is 24.8 Å². The molecule has 0 aromatic heterocycles. The average molecular weight is 438 g/mol. The van der Waals surface area contributed by atoms with Gasteiger partial charge in [-0.2, -0.15) is 0 Å². The third kappa shape index (κ3) is 7.47. The van der Waals surface area contributed by atoms with Crippen LogP contribution in [0.25, 0.3) is 0 Å². The number of benzene rings is 1. The highest BCUT2D eigenvalue weighted by atomic mass is 35.5. The normalized spacial score (nSPS) is 20.7. The number of likely N-dealkylation sites (tertiary alicyclic amines) is 1. The third-order valence-corrected chi connectivity index (χ3v) is 5.55. The van der Waals surface area contributed by atoms with Gasteiger partial charge < -0.3 is 10.6 Å². The molecule has 2 aliphatic rings. The first kappa shape index (κ1) is 25.1. The number of carbonyl (C=O) groups is 1. The van der Waals surface area contributed by atoms with Crippen molar-refractivity contribution in [3.8, 4) is 0 Å². The molecule has 0 radical (unpaired) electrons. The second-order valence-corrected chi connectivity index (χ2v) is 7.57. The van der Waals surface area contributed by atoms with E-state index < -0.39 is 11.6 Å². The van der Waals surface area contributed by atoms with Gasteiger partial charge in [0.25, 0.3) is 0 Å². The largest absolute Gasteiger partial charge is 0.352 e. The van der Waals surface area contributed by atoms with Crippen LogP contribution < -0.4 is 10.6 Å². The van der Waals surface area contributed by atoms with Crippen LogP contribution in [0.3, 0.4) is 0 Å². The highest BCUT2D eigenvalue weighted by Gasteiger charge is 2.23. The Hall–Kier alpha value is -0.950. The number of halogens is 4. The molecule has 1 atom stereocenters. The minimum absolute atomic E-state index is 0. The van der Waals surface area contributed by atoms with Gasteiger partial charge in [-0.05, 0) is 69.8 Å². The predicted molar refractivity (Wildman–Crippen MR) is 112 cm³/mol. The molecule has 28 heavy (non-hydrogen) atoms. The highest BCUT2D eigenvalue weighted by molar-refractivity contribution is 5.85. The summed E-state index contributed by atoms with van der Waals surface area (Å²) in [6.45, 7) is 3.80. The molecule has 2 heterocycles. The van der Waals surface area contributed by atoms with E-state index >= 15 is 0 Å². The Morgan fingerprint density at radius 2 is 1.82 bits per heavy atom. The average Bonchev–Trinajstić information content (AvgIpc) is 2.64. The van der Waals surface area contributed by atoms with Gasteiger partial charge in [-0.3, -0.25) is 9.69 Å². The van der Waals surface area contributed by atoms with Gasteiger partial charge in [0.05, 0.1) is 0 Å². The van der Waals surface area contributed by atoms with Gasteiger partial charge in [0.15, 0.2) is 0 Å². The van der Waals surface area contributed by atoms with Crippen molar-refractivity contribution in [3.05, 3.63) is 35.4 Å². The van der Waals surface area contributed by atoms with Gasteiger partial charge in [-0.1, -0.05) is 6.07 Å². The summed E-state index contributed by atoms with van der Waals surface area (Å²) in [4.78, 5) is 14.3. The molecule has 0 saturated carbocycles. The summed E-state index contributed by atoms with van der Waals surface area (Å²) in [6.07, 6.45) is 5.68. The molecule has 1 amide bonds. The first-order valence-electron chi connectivity index (χ1n) is 9.77. The molecule has 3 rings (SSSR count). The second-order valence-electron chi connectivity index (χ2n) is 7.57.